The first-order valence-corrected chi connectivity index (χ1v) is 11.7. The van der Waals surface area contributed by atoms with Gasteiger partial charge in [-0.05, 0) is 64.3 Å². The number of benzene rings is 2. The first-order chi connectivity index (χ1) is 14.9. The van der Waals surface area contributed by atoms with Gasteiger partial charge in [-0.25, -0.2) is 9.67 Å². The average Bonchev–Trinajstić information content (AvgIpc) is 3.34. The quantitative estimate of drug-likeness (QED) is 0.354. The van der Waals surface area contributed by atoms with E-state index in [2.05, 4.69) is 25.9 Å². The first-order valence-electron chi connectivity index (χ1n) is 10.1. The van der Waals surface area contributed by atoms with Crippen LogP contribution in [0.15, 0.2) is 59.2 Å². The summed E-state index contributed by atoms with van der Waals surface area (Å²) in [6.45, 7) is 3.41. The van der Waals surface area contributed by atoms with Gasteiger partial charge in [0.1, 0.15) is 0 Å². The maximum Gasteiger partial charge on any atom is 0.263 e. The Hall–Kier alpha value is -2.55. The highest BCUT2D eigenvalue weighted by molar-refractivity contribution is 9.10. The molecule has 0 saturated carbocycles. The number of rotatable bonds is 7. The molecule has 0 N–H and O–H groups in total. The molecule has 4 aromatic rings. The maximum absolute atomic E-state index is 13.6. The Morgan fingerprint density at radius 1 is 1.13 bits per heavy atom. The highest BCUT2D eigenvalue weighted by Gasteiger charge is 2.25. The molecular formula is C23H24BrN5OS. The molecule has 0 aliphatic carbocycles. The Morgan fingerprint density at radius 2 is 1.90 bits per heavy atom. The number of carbonyl (C=O) groups excluding carboxylic acids is 1. The molecule has 0 aliphatic rings. The minimum atomic E-state index is -0.0726. The minimum absolute atomic E-state index is 0.0726. The summed E-state index contributed by atoms with van der Waals surface area (Å²) in [7, 11) is 4.07. The molecule has 160 valence electrons. The van der Waals surface area contributed by atoms with Crippen molar-refractivity contribution in [3.8, 4) is 5.69 Å². The fourth-order valence-corrected chi connectivity index (χ4v) is 4.97. The van der Waals surface area contributed by atoms with Crippen molar-refractivity contribution in [1.82, 2.24) is 19.7 Å². The van der Waals surface area contributed by atoms with Crippen molar-refractivity contribution < 1.29 is 4.79 Å². The second kappa shape index (κ2) is 9.30. The zero-order valence-electron chi connectivity index (χ0n) is 17.7. The van der Waals surface area contributed by atoms with E-state index in [-0.39, 0.29) is 5.91 Å². The van der Waals surface area contributed by atoms with Crippen molar-refractivity contribution in [2.24, 2.45) is 0 Å². The molecule has 4 rings (SSSR count). The van der Waals surface area contributed by atoms with Gasteiger partial charge in [-0.1, -0.05) is 45.5 Å². The van der Waals surface area contributed by atoms with Crippen molar-refractivity contribution in [3.05, 3.63) is 70.5 Å². The second-order valence-electron chi connectivity index (χ2n) is 7.61. The zero-order chi connectivity index (χ0) is 22.0. The normalized spacial score (nSPS) is 11.4. The van der Waals surface area contributed by atoms with Gasteiger partial charge in [0.15, 0.2) is 5.13 Å². The third-order valence-corrected chi connectivity index (χ3v) is 6.58. The predicted octanol–water partition coefficient (Wildman–Crippen LogP) is 5.15. The van der Waals surface area contributed by atoms with Crippen LogP contribution in [0.25, 0.3) is 15.9 Å². The van der Waals surface area contributed by atoms with Crippen LogP contribution in [0.2, 0.25) is 0 Å². The zero-order valence-corrected chi connectivity index (χ0v) is 20.2. The van der Waals surface area contributed by atoms with Crippen molar-refractivity contribution >= 4 is 48.5 Å². The Morgan fingerprint density at radius 3 is 2.65 bits per heavy atom. The predicted molar refractivity (Wildman–Crippen MR) is 130 cm³/mol. The van der Waals surface area contributed by atoms with Crippen molar-refractivity contribution in [3.63, 3.8) is 0 Å². The highest BCUT2D eigenvalue weighted by Crippen LogP contribution is 2.32. The molecule has 0 bridgehead atoms. The van der Waals surface area contributed by atoms with E-state index in [1.54, 1.807) is 15.8 Å². The largest absolute Gasteiger partial charge is 0.309 e. The Labute approximate surface area is 194 Å². The maximum atomic E-state index is 13.6. The number of anilines is 1. The lowest BCUT2D eigenvalue weighted by Crippen LogP contribution is -2.33. The second-order valence-corrected chi connectivity index (χ2v) is 9.54. The number of carbonyl (C=O) groups is 1. The minimum Gasteiger partial charge on any atom is -0.309 e. The summed E-state index contributed by atoms with van der Waals surface area (Å²) in [6, 6.07) is 15.8. The number of fused-ring (bicyclic) bond motifs is 1. The van der Waals surface area contributed by atoms with Gasteiger partial charge in [0, 0.05) is 11.0 Å². The number of halogens is 1. The molecule has 0 atom stereocenters. The molecule has 1 amide bonds. The molecule has 0 unspecified atom stereocenters. The first kappa shape index (κ1) is 21.7. The topological polar surface area (TPSA) is 54.3 Å². The van der Waals surface area contributed by atoms with E-state index < -0.39 is 0 Å². The lowest BCUT2D eigenvalue weighted by Gasteiger charge is -2.21. The lowest BCUT2D eigenvalue weighted by atomic mass is 10.2. The molecule has 0 radical (unpaired) electrons. The lowest BCUT2D eigenvalue weighted by molar-refractivity contribution is 0.0985. The summed E-state index contributed by atoms with van der Waals surface area (Å²) in [5.74, 6) is -0.0726. The van der Waals surface area contributed by atoms with Crippen LogP contribution in [-0.2, 0) is 0 Å². The number of hydrogen-bond acceptors (Lipinski definition) is 5. The fraction of sp³-hybridized carbons (Fsp3) is 0.261. The van der Waals surface area contributed by atoms with E-state index >= 15 is 0 Å². The van der Waals surface area contributed by atoms with Crippen LogP contribution in [0, 0.1) is 6.92 Å². The average molecular weight is 498 g/mol. The van der Waals surface area contributed by atoms with E-state index in [1.165, 1.54) is 11.3 Å². The molecule has 8 heteroatoms. The van der Waals surface area contributed by atoms with Gasteiger partial charge in [-0.2, -0.15) is 5.10 Å². The molecule has 2 heterocycles. The van der Waals surface area contributed by atoms with E-state index in [0.29, 0.717) is 17.2 Å². The summed E-state index contributed by atoms with van der Waals surface area (Å²) in [5.41, 5.74) is 3.24. The van der Waals surface area contributed by atoms with Gasteiger partial charge in [0.25, 0.3) is 5.91 Å². The Bertz CT molecular complexity index is 1200. The molecule has 0 spiro atoms. The van der Waals surface area contributed by atoms with Crippen molar-refractivity contribution in [1.29, 1.82) is 0 Å². The van der Waals surface area contributed by atoms with Crippen LogP contribution in [0.5, 0.6) is 0 Å². The number of thiazole rings is 1. The monoisotopic (exact) mass is 497 g/mol. The molecule has 31 heavy (non-hydrogen) atoms. The van der Waals surface area contributed by atoms with Gasteiger partial charge >= 0.3 is 0 Å². The van der Waals surface area contributed by atoms with Crippen LogP contribution in [-0.4, -0.2) is 52.8 Å². The standard InChI is InChI=1S/C23H24BrN5OS/c1-16-19(15-25-29(16)18-8-5-4-6-9-18)22(30)28(13-7-12-27(2)3)23-26-20-11-10-17(24)14-21(20)31-23/h4-6,8-11,14-15H,7,12-13H2,1-3H3. The van der Waals surface area contributed by atoms with Crippen LogP contribution in [0.1, 0.15) is 22.5 Å². The number of aromatic nitrogens is 3. The number of nitrogens with zero attached hydrogens (tertiary/aromatic N) is 5. The summed E-state index contributed by atoms with van der Waals surface area (Å²) in [6.07, 6.45) is 2.51. The number of amides is 1. The van der Waals surface area contributed by atoms with Crippen molar-refractivity contribution in [2.75, 3.05) is 32.1 Å². The molecule has 0 aliphatic heterocycles. The van der Waals surface area contributed by atoms with Crippen LogP contribution in [0.4, 0.5) is 5.13 Å². The third kappa shape index (κ3) is 4.71. The Balaban J connectivity index is 1.69. The van der Waals surface area contributed by atoms with Crippen LogP contribution < -0.4 is 4.90 Å². The third-order valence-electron chi connectivity index (χ3n) is 5.04. The van der Waals surface area contributed by atoms with Crippen LogP contribution >= 0.6 is 27.3 Å². The molecule has 2 aromatic heterocycles. The fourth-order valence-electron chi connectivity index (χ4n) is 3.43. The van der Waals surface area contributed by atoms with E-state index in [1.807, 2.05) is 69.6 Å². The molecule has 6 nitrogen and oxygen atoms in total. The summed E-state index contributed by atoms with van der Waals surface area (Å²) >= 11 is 5.05. The van der Waals surface area contributed by atoms with Gasteiger partial charge in [0.05, 0.1) is 33.4 Å². The highest BCUT2D eigenvalue weighted by atomic mass is 79.9. The number of para-hydroxylation sites is 1. The van der Waals surface area contributed by atoms with Gasteiger partial charge in [0.2, 0.25) is 0 Å². The summed E-state index contributed by atoms with van der Waals surface area (Å²) in [5, 5.41) is 5.20. The Kier molecular flexibility index (Phi) is 6.50. The van der Waals surface area contributed by atoms with Gasteiger partial charge < -0.3 is 4.90 Å². The van der Waals surface area contributed by atoms with E-state index in [4.69, 9.17) is 4.98 Å². The summed E-state index contributed by atoms with van der Waals surface area (Å²) < 4.78 is 3.85. The molecular weight excluding hydrogens is 474 g/mol. The molecule has 2 aromatic carbocycles. The van der Waals surface area contributed by atoms with E-state index in [0.717, 1.165) is 39.0 Å². The van der Waals surface area contributed by atoms with Crippen molar-refractivity contribution in [2.45, 2.75) is 13.3 Å². The van der Waals surface area contributed by atoms with Crippen LogP contribution in [0.3, 0.4) is 0 Å². The number of hydrogen-bond donors (Lipinski definition) is 0. The van der Waals surface area contributed by atoms with Gasteiger partial charge in [-0.15, -0.1) is 0 Å². The van der Waals surface area contributed by atoms with Gasteiger partial charge in [-0.3, -0.25) is 9.69 Å². The summed E-state index contributed by atoms with van der Waals surface area (Å²) in [4.78, 5) is 22.3. The SMILES string of the molecule is Cc1c(C(=O)N(CCCN(C)C)c2nc3ccc(Br)cc3s2)cnn1-c1ccccc1. The van der Waals surface area contributed by atoms with E-state index in [9.17, 15) is 4.79 Å². The smallest absolute Gasteiger partial charge is 0.263 e. The molecule has 0 saturated heterocycles. The molecule has 0 fully saturated rings.